The van der Waals surface area contributed by atoms with Gasteiger partial charge in [-0.15, -0.1) is 0 Å². The molecule has 0 radical (unpaired) electrons. The van der Waals surface area contributed by atoms with Gasteiger partial charge in [0.05, 0.1) is 11.4 Å². The van der Waals surface area contributed by atoms with Crippen molar-refractivity contribution in [2.75, 3.05) is 17.2 Å². The second-order valence-corrected chi connectivity index (χ2v) is 4.55. The Bertz CT molecular complexity index is 365. The Morgan fingerprint density at radius 3 is 2.73 bits per heavy atom. The predicted molar refractivity (Wildman–Crippen MR) is 61.4 cm³/mol. The lowest BCUT2D eigenvalue weighted by Gasteiger charge is -2.25. The van der Waals surface area contributed by atoms with Gasteiger partial charge in [0.15, 0.2) is 0 Å². The zero-order valence-corrected chi connectivity index (χ0v) is 9.20. The average Bonchev–Trinajstić information content (AvgIpc) is 2.50. The second-order valence-electron chi connectivity index (χ2n) is 4.55. The molecule has 1 aromatic rings. The highest BCUT2D eigenvalue weighted by molar-refractivity contribution is 5.68. The minimum Gasteiger partial charge on any atom is -0.397 e. The van der Waals surface area contributed by atoms with E-state index in [1.54, 1.807) is 6.07 Å². The maximum atomic E-state index is 13.1. The molecule has 2 N–H and O–H groups in total. The topological polar surface area (TPSA) is 29.3 Å². The summed E-state index contributed by atoms with van der Waals surface area (Å²) in [6, 6.07) is 5.02. The number of nitrogen functional groups attached to an aromatic ring is 1. The van der Waals surface area contributed by atoms with Crippen molar-refractivity contribution < 1.29 is 4.39 Å². The molecule has 1 aliphatic rings. The van der Waals surface area contributed by atoms with Gasteiger partial charge in [-0.25, -0.2) is 4.39 Å². The highest BCUT2D eigenvalue weighted by Gasteiger charge is 2.27. The lowest BCUT2D eigenvalue weighted by molar-refractivity contribution is 0.623. The number of hydrogen-bond acceptors (Lipinski definition) is 2. The van der Waals surface area contributed by atoms with E-state index in [2.05, 4.69) is 18.7 Å². The molecule has 0 spiro atoms. The van der Waals surface area contributed by atoms with E-state index in [1.165, 1.54) is 12.1 Å². The van der Waals surface area contributed by atoms with Gasteiger partial charge in [0.1, 0.15) is 5.82 Å². The molecule has 0 saturated carbocycles. The van der Waals surface area contributed by atoms with E-state index < -0.39 is 0 Å². The molecule has 2 atom stereocenters. The molecule has 2 unspecified atom stereocenters. The van der Waals surface area contributed by atoms with Crippen LogP contribution in [0.5, 0.6) is 0 Å². The van der Waals surface area contributed by atoms with Crippen LogP contribution in [-0.4, -0.2) is 12.6 Å². The van der Waals surface area contributed by atoms with Crippen LogP contribution < -0.4 is 10.6 Å². The first-order chi connectivity index (χ1) is 7.08. The van der Waals surface area contributed by atoms with E-state index in [4.69, 9.17) is 5.73 Å². The quantitative estimate of drug-likeness (QED) is 0.719. The van der Waals surface area contributed by atoms with Crippen molar-refractivity contribution in [1.29, 1.82) is 0 Å². The van der Waals surface area contributed by atoms with Gasteiger partial charge in [-0.05, 0) is 37.5 Å². The lowest BCUT2D eigenvalue weighted by Crippen LogP contribution is -2.27. The summed E-state index contributed by atoms with van der Waals surface area (Å²) in [5, 5.41) is 0. The Labute approximate surface area is 89.9 Å². The van der Waals surface area contributed by atoms with Crippen molar-refractivity contribution in [1.82, 2.24) is 0 Å². The number of nitrogens with two attached hydrogens (primary N) is 1. The van der Waals surface area contributed by atoms with Crippen molar-refractivity contribution in [3.8, 4) is 0 Å². The molecule has 0 aromatic heterocycles. The maximum absolute atomic E-state index is 13.1. The van der Waals surface area contributed by atoms with E-state index in [0.717, 1.165) is 18.7 Å². The molecule has 1 aliphatic heterocycles. The Balaban J connectivity index is 2.32. The Hall–Kier alpha value is -1.25. The molecule has 15 heavy (non-hydrogen) atoms. The molecule has 0 bridgehead atoms. The van der Waals surface area contributed by atoms with Crippen molar-refractivity contribution in [3.63, 3.8) is 0 Å². The molecule has 2 rings (SSSR count). The second kappa shape index (κ2) is 3.72. The van der Waals surface area contributed by atoms with Gasteiger partial charge in [-0.1, -0.05) is 6.92 Å². The molecule has 2 nitrogen and oxygen atoms in total. The minimum absolute atomic E-state index is 0.217. The van der Waals surface area contributed by atoms with Gasteiger partial charge in [0, 0.05) is 12.6 Å². The van der Waals surface area contributed by atoms with E-state index in [1.807, 2.05) is 0 Å². The Kier molecular flexibility index (Phi) is 2.55. The van der Waals surface area contributed by atoms with Gasteiger partial charge in [-0.2, -0.15) is 0 Å². The molecule has 0 aliphatic carbocycles. The lowest BCUT2D eigenvalue weighted by atomic mass is 10.1. The summed E-state index contributed by atoms with van der Waals surface area (Å²) < 4.78 is 13.1. The Morgan fingerprint density at radius 2 is 2.13 bits per heavy atom. The number of benzene rings is 1. The summed E-state index contributed by atoms with van der Waals surface area (Å²) >= 11 is 0. The van der Waals surface area contributed by atoms with E-state index >= 15 is 0 Å². The molecule has 1 fully saturated rings. The predicted octanol–water partition coefficient (Wildman–Crippen LogP) is 2.64. The van der Waals surface area contributed by atoms with E-state index in [9.17, 15) is 4.39 Å². The first kappa shape index (κ1) is 10.3. The van der Waals surface area contributed by atoms with Crippen molar-refractivity contribution in [2.24, 2.45) is 5.92 Å². The molecule has 1 heterocycles. The molecular weight excluding hydrogens is 191 g/mol. The number of rotatable bonds is 1. The summed E-state index contributed by atoms with van der Waals surface area (Å²) in [6.07, 6.45) is 1.15. The minimum atomic E-state index is -0.217. The first-order valence-electron chi connectivity index (χ1n) is 5.39. The van der Waals surface area contributed by atoms with Crippen LogP contribution in [0.4, 0.5) is 15.8 Å². The summed E-state index contributed by atoms with van der Waals surface area (Å²) in [5.41, 5.74) is 7.37. The van der Waals surface area contributed by atoms with Crippen LogP contribution in [0.2, 0.25) is 0 Å². The van der Waals surface area contributed by atoms with E-state index in [0.29, 0.717) is 17.6 Å². The third-order valence-electron chi connectivity index (χ3n) is 3.09. The van der Waals surface area contributed by atoms with Gasteiger partial charge in [0.2, 0.25) is 0 Å². The van der Waals surface area contributed by atoms with E-state index in [-0.39, 0.29) is 5.82 Å². The van der Waals surface area contributed by atoms with Crippen molar-refractivity contribution in [2.45, 2.75) is 26.3 Å². The van der Waals surface area contributed by atoms with Crippen LogP contribution in [0.3, 0.4) is 0 Å². The monoisotopic (exact) mass is 208 g/mol. The zero-order chi connectivity index (χ0) is 11.0. The van der Waals surface area contributed by atoms with Crippen LogP contribution in [0.1, 0.15) is 20.3 Å². The van der Waals surface area contributed by atoms with Gasteiger partial charge in [0.25, 0.3) is 0 Å². The summed E-state index contributed by atoms with van der Waals surface area (Å²) in [7, 11) is 0. The largest absolute Gasteiger partial charge is 0.397 e. The molecule has 82 valence electrons. The smallest absolute Gasteiger partial charge is 0.125 e. The van der Waals surface area contributed by atoms with Crippen LogP contribution in [0.25, 0.3) is 0 Å². The average molecular weight is 208 g/mol. The van der Waals surface area contributed by atoms with Crippen LogP contribution in [0, 0.1) is 11.7 Å². The standard InChI is InChI=1S/C12H17FN2/c1-8-5-9(2)15(7-8)12-6-10(13)3-4-11(12)14/h3-4,6,8-9H,5,7,14H2,1-2H3. The third-order valence-corrected chi connectivity index (χ3v) is 3.09. The fourth-order valence-corrected chi connectivity index (χ4v) is 2.40. The molecular formula is C12H17FN2. The fraction of sp³-hybridized carbons (Fsp3) is 0.500. The van der Waals surface area contributed by atoms with Gasteiger partial charge in [-0.3, -0.25) is 0 Å². The summed E-state index contributed by atoms with van der Waals surface area (Å²) in [5.74, 6) is 0.439. The third kappa shape index (κ3) is 1.91. The SMILES string of the molecule is CC1CC(C)N(c2cc(F)ccc2N)C1. The first-order valence-corrected chi connectivity index (χ1v) is 5.39. The van der Waals surface area contributed by atoms with Crippen LogP contribution in [0.15, 0.2) is 18.2 Å². The highest BCUT2D eigenvalue weighted by Crippen LogP contribution is 2.32. The number of nitrogens with zero attached hydrogens (tertiary/aromatic N) is 1. The molecule has 0 amide bonds. The number of halogens is 1. The molecule has 3 heteroatoms. The summed E-state index contributed by atoms with van der Waals surface area (Å²) in [4.78, 5) is 2.20. The number of anilines is 2. The zero-order valence-electron chi connectivity index (χ0n) is 9.20. The van der Waals surface area contributed by atoms with Gasteiger partial charge < -0.3 is 10.6 Å². The normalized spacial score (nSPS) is 25.9. The molecule has 1 saturated heterocycles. The fourth-order valence-electron chi connectivity index (χ4n) is 2.40. The van der Waals surface area contributed by atoms with Crippen molar-refractivity contribution >= 4 is 11.4 Å². The molecule has 1 aromatic carbocycles. The van der Waals surface area contributed by atoms with Gasteiger partial charge >= 0.3 is 0 Å². The maximum Gasteiger partial charge on any atom is 0.125 e. The Morgan fingerprint density at radius 1 is 1.40 bits per heavy atom. The number of hydrogen-bond donors (Lipinski definition) is 1. The van der Waals surface area contributed by atoms with Crippen LogP contribution in [-0.2, 0) is 0 Å². The van der Waals surface area contributed by atoms with Crippen molar-refractivity contribution in [3.05, 3.63) is 24.0 Å². The summed E-state index contributed by atoms with van der Waals surface area (Å²) in [6.45, 7) is 5.34. The highest BCUT2D eigenvalue weighted by atomic mass is 19.1. The van der Waals surface area contributed by atoms with Crippen LogP contribution >= 0.6 is 0 Å².